The highest BCUT2D eigenvalue weighted by molar-refractivity contribution is 9.10. The number of halogens is 1. The van der Waals surface area contributed by atoms with Crippen LogP contribution in [0.1, 0.15) is 38.3 Å². The fourth-order valence-corrected chi connectivity index (χ4v) is 1.86. The number of rotatable bonds is 6. The molecule has 4 nitrogen and oxygen atoms in total. The number of hydrogen-bond acceptors (Lipinski definition) is 3. The molecule has 1 rings (SSSR count). The third-order valence-corrected chi connectivity index (χ3v) is 3.14. The molecule has 1 atom stereocenters. The summed E-state index contributed by atoms with van der Waals surface area (Å²) in [4.78, 5) is 22.8. The minimum atomic E-state index is -0.339. The Morgan fingerprint density at radius 3 is 2.47 bits per heavy atom. The molecule has 0 saturated heterocycles. The van der Waals surface area contributed by atoms with Crippen molar-refractivity contribution in [2.75, 3.05) is 6.61 Å². The average molecular weight is 328 g/mol. The first kappa shape index (κ1) is 15.7. The molecule has 5 heteroatoms. The molecular formula is C14H18BrNO3. The zero-order valence-corrected chi connectivity index (χ0v) is 12.7. The Bertz CT molecular complexity index is 431. The highest BCUT2D eigenvalue weighted by Gasteiger charge is 2.11. The first-order valence-corrected chi connectivity index (χ1v) is 7.02. The molecule has 0 spiro atoms. The number of amides is 1. The van der Waals surface area contributed by atoms with Gasteiger partial charge in [-0.1, -0.05) is 28.1 Å². The predicted molar refractivity (Wildman–Crippen MR) is 76.6 cm³/mol. The minimum Gasteiger partial charge on any atom is -0.466 e. The van der Waals surface area contributed by atoms with E-state index < -0.39 is 0 Å². The van der Waals surface area contributed by atoms with Crippen LogP contribution in [0.5, 0.6) is 0 Å². The molecule has 1 amide bonds. The van der Waals surface area contributed by atoms with E-state index >= 15 is 0 Å². The van der Waals surface area contributed by atoms with Gasteiger partial charge in [0.25, 0.3) is 0 Å². The summed E-state index contributed by atoms with van der Waals surface area (Å²) in [6.07, 6.45) is 0.270. The van der Waals surface area contributed by atoms with Crippen LogP contribution in [0.15, 0.2) is 28.7 Å². The van der Waals surface area contributed by atoms with Crippen molar-refractivity contribution in [3.63, 3.8) is 0 Å². The quantitative estimate of drug-likeness (QED) is 0.817. The van der Waals surface area contributed by atoms with Gasteiger partial charge in [-0.15, -0.1) is 0 Å². The van der Waals surface area contributed by atoms with Crippen molar-refractivity contribution in [3.8, 4) is 0 Å². The largest absolute Gasteiger partial charge is 0.466 e. The molecular weight excluding hydrogens is 310 g/mol. The van der Waals surface area contributed by atoms with E-state index in [1.54, 1.807) is 6.92 Å². The number of nitrogens with one attached hydrogen (secondary N) is 1. The van der Waals surface area contributed by atoms with Gasteiger partial charge in [0, 0.05) is 10.9 Å². The van der Waals surface area contributed by atoms with E-state index in [4.69, 9.17) is 4.74 Å². The van der Waals surface area contributed by atoms with E-state index in [1.165, 1.54) is 0 Å². The Morgan fingerprint density at radius 2 is 1.89 bits per heavy atom. The lowest BCUT2D eigenvalue weighted by atomic mass is 10.1. The van der Waals surface area contributed by atoms with Gasteiger partial charge >= 0.3 is 5.97 Å². The maximum atomic E-state index is 11.7. The maximum absolute atomic E-state index is 11.7. The smallest absolute Gasteiger partial charge is 0.306 e. The Hall–Kier alpha value is -1.36. The van der Waals surface area contributed by atoms with Crippen molar-refractivity contribution < 1.29 is 14.3 Å². The standard InChI is InChI=1S/C14H18BrNO3/c1-3-19-14(18)9-8-13(17)16-10(2)11-4-6-12(15)7-5-11/h4-7,10H,3,8-9H2,1-2H3,(H,16,17). The Labute approximate surface area is 121 Å². The van der Waals surface area contributed by atoms with Crippen LogP contribution in [-0.2, 0) is 14.3 Å². The molecule has 0 aliphatic carbocycles. The van der Waals surface area contributed by atoms with E-state index in [2.05, 4.69) is 21.2 Å². The maximum Gasteiger partial charge on any atom is 0.306 e. The van der Waals surface area contributed by atoms with E-state index in [9.17, 15) is 9.59 Å². The summed E-state index contributed by atoms with van der Waals surface area (Å²) in [5.74, 6) is -0.489. The molecule has 0 heterocycles. The number of esters is 1. The Balaban J connectivity index is 2.39. The van der Waals surface area contributed by atoms with E-state index in [1.807, 2.05) is 31.2 Å². The van der Waals surface area contributed by atoms with Crippen molar-refractivity contribution in [2.45, 2.75) is 32.7 Å². The van der Waals surface area contributed by atoms with Crippen molar-refractivity contribution in [2.24, 2.45) is 0 Å². The number of ether oxygens (including phenoxy) is 1. The molecule has 0 fully saturated rings. The Kier molecular flexibility index (Phi) is 6.56. The highest BCUT2D eigenvalue weighted by Crippen LogP contribution is 2.16. The van der Waals surface area contributed by atoms with Gasteiger partial charge in [0.1, 0.15) is 0 Å². The molecule has 19 heavy (non-hydrogen) atoms. The summed E-state index contributed by atoms with van der Waals surface area (Å²) >= 11 is 3.36. The molecule has 0 aliphatic heterocycles. The topological polar surface area (TPSA) is 55.4 Å². The molecule has 0 aliphatic rings. The van der Waals surface area contributed by atoms with E-state index in [0.29, 0.717) is 6.61 Å². The van der Waals surface area contributed by atoms with Gasteiger partial charge in [0.05, 0.1) is 19.1 Å². The van der Waals surface area contributed by atoms with Crippen molar-refractivity contribution >= 4 is 27.8 Å². The SMILES string of the molecule is CCOC(=O)CCC(=O)NC(C)c1ccc(Br)cc1. The summed E-state index contributed by atoms with van der Waals surface area (Å²) in [7, 11) is 0. The number of hydrogen-bond donors (Lipinski definition) is 1. The van der Waals surface area contributed by atoms with Crippen LogP contribution in [0.4, 0.5) is 0 Å². The van der Waals surface area contributed by atoms with Crippen LogP contribution >= 0.6 is 15.9 Å². The van der Waals surface area contributed by atoms with Crippen LogP contribution in [0.25, 0.3) is 0 Å². The Morgan fingerprint density at radius 1 is 1.26 bits per heavy atom. The van der Waals surface area contributed by atoms with Gasteiger partial charge in [-0.3, -0.25) is 9.59 Å². The van der Waals surface area contributed by atoms with E-state index in [0.717, 1.165) is 10.0 Å². The molecule has 0 bridgehead atoms. The lowest BCUT2D eigenvalue weighted by Gasteiger charge is -2.14. The molecule has 0 aromatic heterocycles. The molecule has 1 aromatic carbocycles. The fraction of sp³-hybridized carbons (Fsp3) is 0.429. The first-order chi connectivity index (χ1) is 9.02. The van der Waals surface area contributed by atoms with Crippen molar-refractivity contribution in [1.82, 2.24) is 5.32 Å². The normalized spacial score (nSPS) is 11.7. The second-order valence-corrected chi connectivity index (χ2v) is 5.06. The summed E-state index contributed by atoms with van der Waals surface area (Å²) in [6, 6.07) is 7.66. The van der Waals surface area contributed by atoms with Crippen LogP contribution in [0.3, 0.4) is 0 Å². The van der Waals surface area contributed by atoms with Gasteiger partial charge in [0.15, 0.2) is 0 Å². The number of carbonyl (C=O) groups is 2. The third kappa shape index (κ3) is 5.87. The third-order valence-electron chi connectivity index (χ3n) is 2.61. The second-order valence-electron chi connectivity index (χ2n) is 4.15. The molecule has 1 N–H and O–H groups in total. The lowest BCUT2D eigenvalue weighted by Crippen LogP contribution is -2.27. The van der Waals surface area contributed by atoms with Gasteiger partial charge in [-0.05, 0) is 31.5 Å². The summed E-state index contributed by atoms with van der Waals surface area (Å²) in [5, 5.41) is 2.85. The van der Waals surface area contributed by atoms with Gasteiger partial charge in [-0.2, -0.15) is 0 Å². The zero-order chi connectivity index (χ0) is 14.3. The average Bonchev–Trinajstić information content (AvgIpc) is 2.37. The first-order valence-electron chi connectivity index (χ1n) is 6.23. The number of benzene rings is 1. The lowest BCUT2D eigenvalue weighted by molar-refractivity contribution is -0.144. The molecule has 1 unspecified atom stereocenters. The second kappa shape index (κ2) is 7.94. The summed E-state index contributed by atoms with van der Waals surface area (Å²) in [6.45, 7) is 3.99. The zero-order valence-electron chi connectivity index (χ0n) is 11.1. The van der Waals surface area contributed by atoms with Crippen LogP contribution in [0, 0.1) is 0 Å². The van der Waals surface area contributed by atoms with Gasteiger partial charge < -0.3 is 10.1 Å². The summed E-state index contributed by atoms with van der Waals surface area (Å²) < 4.78 is 5.77. The van der Waals surface area contributed by atoms with Crippen LogP contribution in [-0.4, -0.2) is 18.5 Å². The van der Waals surface area contributed by atoms with Gasteiger partial charge in [-0.25, -0.2) is 0 Å². The monoisotopic (exact) mass is 327 g/mol. The predicted octanol–water partition coefficient (Wildman–Crippen LogP) is 2.97. The molecule has 0 radical (unpaired) electrons. The van der Waals surface area contributed by atoms with E-state index in [-0.39, 0.29) is 30.8 Å². The number of carbonyl (C=O) groups excluding carboxylic acids is 2. The minimum absolute atomic E-state index is 0.0807. The van der Waals surface area contributed by atoms with Crippen LogP contribution < -0.4 is 5.32 Å². The molecule has 0 saturated carbocycles. The summed E-state index contributed by atoms with van der Waals surface area (Å²) in [5.41, 5.74) is 1.02. The fourth-order valence-electron chi connectivity index (χ4n) is 1.60. The van der Waals surface area contributed by atoms with Gasteiger partial charge in [0.2, 0.25) is 5.91 Å². The van der Waals surface area contributed by atoms with Crippen LogP contribution in [0.2, 0.25) is 0 Å². The molecule has 1 aromatic rings. The molecule has 104 valence electrons. The highest BCUT2D eigenvalue weighted by atomic mass is 79.9. The van der Waals surface area contributed by atoms with Crippen molar-refractivity contribution in [3.05, 3.63) is 34.3 Å². The van der Waals surface area contributed by atoms with Crippen molar-refractivity contribution in [1.29, 1.82) is 0 Å².